The summed E-state index contributed by atoms with van der Waals surface area (Å²) in [6.07, 6.45) is 1.18. The number of nitrogens with zero attached hydrogens (tertiary/aromatic N) is 1. The molecule has 1 aliphatic heterocycles. The zero-order valence-electron chi connectivity index (χ0n) is 11.6. The third-order valence-electron chi connectivity index (χ3n) is 3.74. The van der Waals surface area contributed by atoms with Crippen molar-refractivity contribution in [2.45, 2.75) is 19.4 Å². The lowest BCUT2D eigenvalue weighted by molar-refractivity contribution is 0.229. The van der Waals surface area contributed by atoms with E-state index in [1.165, 1.54) is 37.2 Å². The summed E-state index contributed by atoms with van der Waals surface area (Å²) in [5.41, 5.74) is 2.75. The average molecular weight is 247 g/mol. The van der Waals surface area contributed by atoms with E-state index < -0.39 is 0 Å². The first kappa shape index (κ1) is 13.5. The average Bonchev–Trinajstić information content (AvgIpc) is 2.41. The van der Waals surface area contributed by atoms with Gasteiger partial charge in [0.1, 0.15) is 0 Å². The normalized spacial score (nSPS) is 18.8. The molecule has 1 fully saturated rings. The molecule has 0 bridgehead atoms. The predicted octanol–water partition coefficient (Wildman–Crippen LogP) is 1.55. The van der Waals surface area contributed by atoms with Crippen LogP contribution in [0.4, 0.5) is 0 Å². The molecule has 1 aromatic carbocycles. The van der Waals surface area contributed by atoms with Gasteiger partial charge in [-0.15, -0.1) is 0 Å². The molecule has 0 aromatic heterocycles. The third-order valence-corrected chi connectivity index (χ3v) is 3.74. The minimum atomic E-state index is 0.472. The van der Waals surface area contributed by atoms with E-state index in [2.05, 4.69) is 53.8 Å². The number of nitrogens with one attached hydrogen (secondary N) is 2. The molecule has 3 nitrogen and oxygen atoms in total. The number of rotatable bonds is 5. The van der Waals surface area contributed by atoms with E-state index in [0.29, 0.717) is 6.04 Å². The summed E-state index contributed by atoms with van der Waals surface area (Å²) in [5.74, 6) is 0. The van der Waals surface area contributed by atoms with E-state index in [1.807, 2.05) is 0 Å². The minimum absolute atomic E-state index is 0.472. The Morgan fingerprint density at radius 2 is 2.11 bits per heavy atom. The Morgan fingerprint density at radius 1 is 1.33 bits per heavy atom. The van der Waals surface area contributed by atoms with Gasteiger partial charge in [-0.2, -0.15) is 0 Å². The van der Waals surface area contributed by atoms with Gasteiger partial charge in [-0.3, -0.25) is 0 Å². The summed E-state index contributed by atoms with van der Waals surface area (Å²) in [6, 6.07) is 9.30. The third kappa shape index (κ3) is 3.80. The van der Waals surface area contributed by atoms with Gasteiger partial charge in [-0.1, -0.05) is 29.8 Å². The number of hydrogen-bond donors (Lipinski definition) is 2. The molecular formula is C15H25N3. The van der Waals surface area contributed by atoms with E-state index in [-0.39, 0.29) is 0 Å². The molecule has 2 N–H and O–H groups in total. The van der Waals surface area contributed by atoms with Crippen LogP contribution in [0, 0.1) is 6.92 Å². The highest BCUT2D eigenvalue weighted by atomic mass is 15.2. The number of benzene rings is 1. The first-order chi connectivity index (χ1) is 8.79. The van der Waals surface area contributed by atoms with Gasteiger partial charge in [0.15, 0.2) is 0 Å². The molecule has 3 heteroatoms. The van der Waals surface area contributed by atoms with Crippen LogP contribution >= 0.6 is 0 Å². The summed E-state index contributed by atoms with van der Waals surface area (Å²) in [7, 11) is 2.06. The van der Waals surface area contributed by atoms with Gasteiger partial charge in [0.05, 0.1) is 0 Å². The molecule has 0 radical (unpaired) electrons. The molecule has 1 unspecified atom stereocenters. The molecule has 1 saturated heterocycles. The fraction of sp³-hybridized carbons (Fsp3) is 0.600. The van der Waals surface area contributed by atoms with Crippen LogP contribution in [0.1, 0.15) is 23.6 Å². The Bertz CT molecular complexity index is 359. The molecule has 1 aliphatic rings. The second-order valence-corrected chi connectivity index (χ2v) is 5.14. The molecular weight excluding hydrogens is 222 g/mol. The van der Waals surface area contributed by atoms with Crippen molar-refractivity contribution in [3.63, 3.8) is 0 Å². The lowest BCUT2D eigenvalue weighted by Crippen LogP contribution is -2.44. The molecule has 100 valence electrons. The van der Waals surface area contributed by atoms with Crippen LogP contribution in [0.2, 0.25) is 0 Å². The fourth-order valence-corrected chi connectivity index (χ4v) is 2.61. The predicted molar refractivity (Wildman–Crippen MR) is 76.9 cm³/mol. The molecule has 1 atom stereocenters. The highest BCUT2D eigenvalue weighted by Crippen LogP contribution is 2.18. The molecule has 1 aromatic rings. The van der Waals surface area contributed by atoms with Gasteiger partial charge in [-0.05, 0) is 26.0 Å². The van der Waals surface area contributed by atoms with Crippen LogP contribution in [-0.4, -0.2) is 44.7 Å². The first-order valence-corrected chi connectivity index (χ1v) is 6.96. The van der Waals surface area contributed by atoms with Gasteiger partial charge < -0.3 is 15.5 Å². The van der Waals surface area contributed by atoms with Gasteiger partial charge in [0.25, 0.3) is 0 Å². The van der Waals surface area contributed by atoms with Crippen molar-refractivity contribution in [3.05, 3.63) is 35.4 Å². The number of hydrogen-bond acceptors (Lipinski definition) is 3. The van der Waals surface area contributed by atoms with Crippen molar-refractivity contribution in [3.8, 4) is 0 Å². The maximum absolute atomic E-state index is 3.44. The first-order valence-electron chi connectivity index (χ1n) is 6.96. The quantitative estimate of drug-likeness (QED) is 0.827. The molecule has 0 saturated carbocycles. The van der Waals surface area contributed by atoms with Crippen molar-refractivity contribution in [2.24, 2.45) is 0 Å². The Hall–Kier alpha value is -0.900. The van der Waals surface area contributed by atoms with Gasteiger partial charge in [0, 0.05) is 38.8 Å². The van der Waals surface area contributed by atoms with Crippen LogP contribution in [-0.2, 0) is 0 Å². The fourth-order valence-electron chi connectivity index (χ4n) is 2.61. The largest absolute Gasteiger partial charge is 0.314 e. The lowest BCUT2D eigenvalue weighted by atomic mass is 10.0. The second kappa shape index (κ2) is 6.88. The van der Waals surface area contributed by atoms with Crippen LogP contribution < -0.4 is 10.6 Å². The van der Waals surface area contributed by atoms with Crippen LogP contribution in [0.5, 0.6) is 0 Å². The van der Waals surface area contributed by atoms with Crippen molar-refractivity contribution < 1.29 is 0 Å². The molecule has 1 heterocycles. The Kier molecular flexibility index (Phi) is 5.17. The van der Waals surface area contributed by atoms with E-state index >= 15 is 0 Å². The van der Waals surface area contributed by atoms with E-state index in [0.717, 1.165) is 13.1 Å². The van der Waals surface area contributed by atoms with Crippen molar-refractivity contribution in [1.29, 1.82) is 0 Å². The van der Waals surface area contributed by atoms with Gasteiger partial charge >= 0.3 is 0 Å². The summed E-state index contributed by atoms with van der Waals surface area (Å²) >= 11 is 0. The summed E-state index contributed by atoms with van der Waals surface area (Å²) in [6.45, 7) is 7.98. The number of aryl methyl sites for hydroxylation is 1. The van der Waals surface area contributed by atoms with Gasteiger partial charge in [0.2, 0.25) is 0 Å². The SMILES string of the molecule is CNC(CCN1CCNCC1)c1cccc(C)c1. The zero-order chi connectivity index (χ0) is 12.8. The summed E-state index contributed by atoms with van der Waals surface area (Å²) in [5, 5.41) is 6.84. The summed E-state index contributed by atoms with van der Waals surface area (Å²) < 4.78 is 0. The monoisotopic (exact) mass is 247 g/mol. The second-order valence-electron chi connectivity index (χ2n) is 5.14. The maximum atomic E-state index is 3.44. The summed E-state index contributed by atoms with van der Waals surface area (Å²) in [4.78, 5) is 2.55. The minimum Gasteiger partial charge on any atom is -0.314 e. The molecule has 0 spiro atoms. The Balaban J connectivity index is 1.88. The van der Waals surface area contributed by atoms with Crippen molar-refractivity contribution in [1.82, 2.24) is 15.5 Å². The van der Waals surface area contributed by atoms with E-state index in [1.54, 1.807) is 0 Å². The molecule has 0 amide bonds. The number of piperazine rings is 1. The molecule has 18 heavy (non-hydrogen) atoms. The maximum Gasteiger partial charge on any atom is 0.0329 e. The van der Waals surface area contributed by atoms with Crippen LogP contribution in [0.15, 0.2) is 24.3 Å². The van der Waals surface area contributed by atoms with E-state index in [9.17, 15) is 0 Å². The van der Waals surface area contributed by atoms with Crippen molar-refractivity contribution >= 4 is 0 Å². The highest BCUT2D eigenvalue weighted by molar-refractivity contribution is 5.25. The Labute approximate surface area is 111 Å². The lowest BCUT2D eigenvalue weighted by Gasteiger charge is -2.29. The van der Waals surface area contributed by atoms with E-state index in [4.69, 9.17) is 0 Å². The smallest absolute Gasteiger partial charge is 0.0329 e. The Morgan fingerprint density at radius 3 is 2.78 bits per heavy atom. The topological polar surface area (TPSA) is 27.3 Å². The van der Waals surface area contributed by atoms with Crippen LogP contribution in [0.3, 0.4) is 0 Å². The zero-order valence-corrected chi connectivity index (χ0v) is 11.6. The highest BCUT2D eigenvalue weighted by Gasteiger charge is 2.13. The van der Waals surface area contributed by atoms with Crippen LogP contribution in [0.25, 0.3) is 0 Å². The molecule has 0 aliphatic carbocycles. The standard InChI is InChI=1S/C15H25N3/c1-13-4-3-5-14(12-13)15(16-2)6-9-18-10-7-17-8-11-18/h3-5,12,15-17H,6-11H2,1-2H3. The molecule has 2 rings (SSSR count). The van der Waals surface area contributed by atoms with Crippen molar-refractivity contribution in [2.75, 3.05) is 39.8 Å². The van der Waals surface area contributed by atoms with Gasteiger partial charge in [-0.25, -0.2) is 0 Å².